The monoisotopic (exact) mass is 217 g/mol. The number of amides is 1. The van der Waals surface area contributed by atoms with Crippen LogP contribution in [0.15, 0.2) is 35.3 Å². The second kappa shape index (κ2) is 3.96. The Labute approximate surface area is 94.6 Å². The molecule has 3 N–H and O–H groups in total. The topological polar surface area (TPSA) is 67.5 Å². The van der Waals surface area contributed by atoms with Gasteiger partial charge in [0.15, 0.2) is 11.5 Å². The number of nitrogens with one attached hydrogen (secondary N) is 1. The standard InChI is InChI=1S/C12H15N3O/c1-2-8-12(9-6-4-3-5-7-9)10(16)14-11(13)15-12/h3-7H,2,8H2,1H3,(H3,13,14,15,16). The molecule has 1 aromatic rings. The summed E-state index contributed by atoms with van der Waals surface area (Å²) in [6.07, 6.45) is 1.54. The molecule has 1 amide bonds. The van der Waals surface area contributed by atoms with Crippen LogP contribution in [0, 0.1) is 0 Å². The number of guanidine groups is 1. The van der Waals surface area contributed by atoms with E-state index in [1.54, 1.807) is 0 Å². The lowest BCUT2D eigenvalue weighted by Gasteiger charge is -2.22. The van der Waals surface area contributed by atoms with Gasteiger partial charge in [-0.2, -0.15) is 0 Å². The molecule has 16 heavy (non-hydrogen) atoms. The Balaban J connectivity index is 2.48. The minimum absolute atomic E-state index is 0.127. The fourth-order valence-electron chi connectivity index (χ4n) is 2.09. The number of hydrogen-bond acceptors (Lipinski definition) is 3. The highest BCUT2D eigenvalue weighted by Crippen LogP contribution is 2.33. The first-order valence-electron chi connectivity index (χ1n) is 5.41. The van der Waals surface area contributed by atoms with Crippen LogP contribution >= 0.6 is 0 Å². The molecule has 4 nitrogen and oxygen atoms in total. The van der Waals surface area contributed by atoms with Crippen LogP contribution in [0.3, 0.4) is 0 Å². The maximum Gasteiger partial charge on any atom is 0.259 e. The first kappa shape index (κ1) is 10.7. The van der Waals surface area contributed by atoms with Crippen LogP contribution in [0.5, 0.6) is 0 Å². The SMILES string of the molecule is CCCC1(c2ccccc2)N=C(N)NC1=O. The Hall–Kier alpha value is -1.84. The molecule has 0 radical (unpaired) electrons. The summed E-state index contributed by atoms with van der Waals surface area (Å²) >= 11 is 0. The smallest absolute Gasteiger partial charge is 0.259 e. The number of rotatable bonds is 3. The maximum atomic E-state index is 12.0. The Bertz CT molecular complexity index is 427. The predicted octanol–water partition coefficient (Wildman–Crippen LogP) is 1.13. The van der Waals surface area contributed by atoms with Gasteiger partial charge in [0.2, 0.25) is 0 Å². The van der Waals surface area contributed by atoms with Crippen molar-refractivity contribution >= 4 is 11.9 Å². The molecule has 0 fully saturated rings. The van der Waals surface area contributed by atoms with E-state index in [2.05, 4.69) is 10.3 Å². The van der Waals surface area contributed by atoms with E-state index in [-0.39, 0.29) is 11.9 Å². The van der Waals surface area contributed by atoms with Crippen molar-refractivity contribution in [2.45, 2.75) is 25.3 Å². The molecule has 1 aromatic carbocycles. The van der Waals surface area contributed by atoms with Crippen LogP contribution in [0.1, 0.15) is 25.3 Å². The lowest BCUT2D eigenvalue weighted by Crippen LogP contribution is -2.38. The number of benzene rings is 1. The first-order chi connectivity index (χ1) is 7.69. The molecule has 0 aromatic heterocycles. The highest BCUT2D eigenvalue weighted by molar-refractivity contribution is 6.07. The molecule has 0 saturated carbocycles. The van der Waals surface area contributed by atoms with Gasteiger partial charge in [0.05, 0.1) is 0 Å². The summed E-state index contributed by atoms with van der Waals surface area (Å²) in [6.45, 7) is 2.03. The zero-order valence-electron chi connectivity index (χ0n) is 9.23. The molecule has 1 unspecified atom stereocenters. The van der Waals surface area contributed by atoms with Crippen molar-refractivity contribution in [3.63, 3.8) is 0 Å². The largest absolute Gasteiger partial charge is 0.370 e. The third kappa shape index (κ3) is 1.56. The van der Waals surface area contributed by atoms with E-state index in [1.807, 2.05) is 37.3 Å². The summed E-state index contributed by atoms with van der Waals surface area (Å²) in [7, 11) is 0. The van der Waals surface area contributed by atoms with E-state index in [9.17, 15) is 4.79 Å². The van der Waals surface area contributed by atoms with Gasteiger partial charge in [-0.15, -0.1) is 0 Å². The van der Waals surface area contributed by atoms with Gasteiger partial charge < -0.3 is 5.73 Å². The van der Waals surface area contributed by atoms with E-state index in [0.717, 1.165) is 12.0 Å². The fraction of sp³-hybridized carbons (Fsp3) is 0.333. The van der Waals surface area contributed by atoms with Crippen LogP contribution in [0.2, 0.25) is 0 Å². The molecule has 1 atom stereocenters. The van der Waals surface area contributed by atoms with Gasteiger partial charge in [-0.25, -0.2) is 4.99 Å². The van der Waals surface area contributed by atoms with Crippen LogP contribution in [-0.4, -0.2) is 11.9 Å². The maximum absolute atomic E-state index is 12.0. The highest BCUT2D eigenvalue weighted by Gasteiger charge is 2.43. The van der Waals surface area contributed by atoms with Crippen LogP contribution in [0.4, 0.5) is 0 Å². The van der Waals surface area contributed by atoms with Crippen LogP contribution < -0.4 is 11.1 Å². The quantitative estimate of drug-likeness (QED) is 0.796. The molecule has 1 heterocycles. The Morgan fingerprint density at radius 1 is 1.38 bits per heavy atom. The normalized spacial score (nSPS) is 24.1. The van der Waals surface area contributed by atoms with Crippen LogP contribution in [-0.2, 0) is 10.3 Å². The van der Waals surface area contributed by atoms with E-state index < -0.39 is 5.54 Å². The van der Waals surface area contributed by atoms with E-state index in [1.165, 1.54) is 0 Å². The van der Waals surface area contributed by atoms with E-state index >= 15 is 0 Å². The third-order valence-electron chi connectivity index (χ3n) is 2.79. The van der Waals surface area contributed by atoms with E-state index in [4.69, 9.17) is 5.73 Å². The van der Waals surface area contributed by atoms with Gasteiger partial charge in [-0.3, -0.25) is 10.1 Å². The number of hydrogen-bond donors (Lipinski definition) is 2. The number of carbonyl (C=O) groups excluding carboxylic acids is 1. The minimum Gasteiger partial charge on any atom is -0.370 e. The summed E-state index contributed by atoms with van der Waals surface area (Å²) in [5, 5.41) is 2.58. The number of nitrogens with zero attached hydrogens (tertiary/aromatic N) is 1. The second-order valence-corrected chi connectivity index (χ2v) is 3.93. The molecular weight excluding hydrogens is 202 g/mol. The summed E-state index contributed by atoms with van der Waals surface area (Å²) in [5.74, 6) is 0.0837. The fourth-order valence-corrected chi connectivity index (χ4v) is 2.09. The molecule has 0 saturated heterocycles. The summed E-state index contributed by atoms with van der Waals surface area (Å²) < 4.78 is 0. The number of carbonyl (C=O) groups is 1. The summed E-state index contributed by atoms with van der Waals surface area (Å²) in [4.78, 5) is 16.3. The number of aliphatic imine (C=N–C) groups is 1. The van der Waals surface area contributed by atoms with Gasteiger partial charge in [0.25, 0.3) is 5.91 Å². The van der Waals surface area contributed by atoms with E-state index in [0.29, 0.717) is 6.42 Å². The van der Waals surface area contributed by atoms with Gasteiger partial charge in [-0.1, -0.05) is 43.7 Å². The van der Waals surface area contributed by atoms with Gasteiger partial charge in [0, 0.05) is 0 Å². The average Bonchev–Trinajstić information content (AvgIpc) is 2.57. The van der Waals surface area contributed by atoms with Gasteiger partial charge in [0.1, 0.15) is 0 Å². The van der Waals surface area contributed by atoms with Crippen molar-refractivity contribution in [2.75, 3.05) is 0 Å². The Morgan fingerprint density at radius 2 is 2.06 bits per heavy atom. The molecule has 1 aliphatic rings. The average molecular weight is 217 g/mol. The zero-order valence-corrected chi connectivity index (χ0v) is 9.23. The summed E-state index contributed by atoms with van der Waals surface area (Å²) in [6, 6.07) is 9.56. The van der Waals surface area contributed by atoms with Gasteiger partial charge in [-0.05, 0) is 12.0 Å². The van der Waals surface area contributed by atoms with Crippen molar-refractivity contribution in [1.82, 2.24) is 5.32 Å². The first-order valence-corrected chi connectivity index (χ1v) is 5.41. The Kier molecular flexibility index (Phi) is 2.64. The third-order valence-corrected chi connectivity index (χ3v) is 2.79. The zero-order chi connectivity index (χ0) is 11.6. The molecule has 2 rings (SSSR count). The molecule has 0 spiro atoms. The minimum atomic E-state index is -0.819. The number of nitrogens with two attached hydrogens (primary N) is 1. The Morgan fingerprint density at radius 3 is 2.56 bits per heavy atom. The van der Waals surface area contributed by atoms with Crippen molar-refractivity contribution in [3.8, 4) is 0 Å². The summed E-state index contributed by atoms with van der Waals surface area (Å²) in [5.41, 5.74) is 5.67. The molecule has 4 heteroatoms. The second-order valence-electron chi connectivity index (χ2n) is 3.93. The molecular formula is C12H15N3O. The molecule has 1 aliphatic heterocycles. The van der Waals surface area contributed by atoms with Crippen molar-refractivity contribution in [1.29, 1.82) is 0 Å². The van der Waals surface area contributed by atoms with Crippen molar-refractivity contribution in [3.05, 3.63) is 35.9 Å². The molecule has 84 valence electrons. The van der Waals surface area contributed by atoms with Gasteiger partial charge >= 0.3 is 0 Å². The molecule has 0 bridgehead atoms. The van der Waals surface area contributed by atoms with Crippen molar-refractivity contribution in [2.24, 2.45) is 10.7 Å². The lowest BCUT2D eigenvalue weighted by atomic mass is 9.86. The van der Waals surface area contributed by atoms with Crippen molar-refractivity contribution < 1.29 is 4.79 Å². The predicted molar refractivity (Wildman–Crippen MR) is 62.8 cm³/mol. The van der Waals surface area contributed by atoms with Crippen LogP contribution in [0.25, 0.3) is 0 Å². The molecule has 0 aliphatic carbocycles. The highest BCUT2D eigenvalue weighted by atomic mass is 16.2. The lowest BCUT2D eigenvalue weighted by molar-refractivity contribution is -0.124.